The first-order valence-corrected chi connectivity index (χ1v) is 10.1. The van der Waals surface area contributed by atoms with Crippen LogP contribution in [0.4, 0.5) is 0 Å². The highest BCUT2D eigenvalue weighted by molar-refractivity contribution is 5.30. The van der Waals surface area contributed by atoms with Crippen LogP contribution >= 0.6 is 0 Å². The number of hydrogen-bond donors (Lipinski definition) is 1. The summed E-state index contributed by atoms with van der Waals surface area (Å²) in [4.78, 5) is 4.32. The van der Waals surface area contributed by atoms with E-state index in [-0.39, 0.29) is 0 Å². The van der Waals surface area contributed by atoms with Crippen molar-refractivity contribution in [2.24, 2.45) is 0 Å². The second-order valence-electron chi connectivity index (χ2n) is 7.47. The average Bonchev–Trinajstić information content (AvgIpc) is 2.68. The lowest BCUT2D eigenvalue weighted by molar-refractivity contribution is 0.613. The highest BCUT2D eigenvalue weighted by Gasteiger charge is 2.13. The molecule has 0 bridgehead atoms. The van der Waals surface area contributed by atoms with E-state index in [2.05, 4.69) is 79.6 Å². The summed E-state index contributed by atoms with van der Waals surface area (Å²) in [6.45, 7) is 8.56. The number of hydrogen-bond acceptors (Lipinski definition) is 2. The van der Waals surface area contributed by atoms with Gasteiger partial charge < -0.3 is 5.32 Å². The lowest BCUT2D eigenvalue weighted by Crippen LogP contribution is -2.16. The normalized spacial score (nSPS) is 12.6. The fourth-order valence-corrected chi connectivity index (χ4v) is 3.26. The maximum Gasteiger partial charge on any atom is 0.0306 e. The summed E-state index contributed by atoms with van der Waals surface area (Å²) in [5.41, 5.74) is 5.55. The summed E-state index contributed by atoms with van der Waals surface area (Å²) in [6, 6.07) is 15.0. The first kappa shape index (κ1) is 21.1. The molecule has 2 aromatic rings. The van der Waals surface area contributed by atoms with E-state index in [0.29, 0.717) is 5.92 Å². The van der Waals surface area contributed by atoms with Crippen LogP contribution in [0.1, 0.15) is 63.5 Å². The molecule has 0 aliphatic rings. The van der Waals surface area contributed by atoms with E-state index < -0.39 is 0 Å². The molecule has 1 N–H and O–H groups in total. The van der Waals surface area contributed by atoms with Gasteiger partial charge in [0.05, 0.1) is 0 Å². The van der Waals surface area contributed by atoms with Gasteiger partial charge in [0.15, 0.2) is 0 Å². The van der Waals surface area contributed by atoms with E-state index in [4.69, 9.17) is 0 Å². The van der Waals surface area contributed by atoms with Gasteiger partial charge in [-0.05, 0) is 70.2 Å². The van der Waals surface area contributed by atoms with Crippen molar-refractivity contribution < 1.29 is 0 Å². The highest BCUT2D eigenvalue weighted by Crippen LogP contribution is 2.28. The van der Waals surface area contributed by atoms with Crippen molar-refractivity contribution in [2.75, 3.05) is 13.1 Å². The first-order valence-electron chi connectivity index (χ1n) is 10.1. The molecule has 1 heterocycles. The first-order chi connectivity index (χ1) is 13.2. The molecule has 0 aliphatic carbocycles. The Bertz CT molecular complexity index is 658. The molecule has 1 aromatic carbocycles. The van der Waals surface area contributed by atoms with Gasteiger partial charge >= 0.3 is 0 Å². The highest BCUT2D eigenvalue weighted by atomic mass is 14.8. The van der Waals surface area contributed by atoms with E-state index in [0.717, 1.165) is 38.8 Å². The van der Waals surface area contributed by atoms with Gasteiger partial charge in [0.25, 0.3) is 0 Å². The molecule has 27 heavy (non-hydrogen) atoms. The van der Waals surface area contributed by atoms with Crippen molar-refractivity contribution >= 4 is 0 Å². The Morgan fingerprint density at radius 3 is 2.48 bits per heavy atom. The van der Waals surface area contributed by atoms with Crippen molar-refractivity contribution in [3.05, 3.63) is 89.3 Å². The van der Waals surface area contributed by atoms with E-state index in [9.17, 15) is 0 Å². The average molecular weight is 363 g/mol. The van der Waals surface area contributed by atoms with Crippen LogP contribution in [0, 0.1) is 0 Å². The Balaban J connectivity index is 1.77. The van der Waals surface area contributed by atoms with Gasteiger partial charge in [-0.3, -0.25) is 4.98 Å². The van der Waals surface area contributed by atoms with Gasteiger partial charge in [-0.15, -0.1) is 0 Å². The zero-order chi connectivity index (χ0) is 19.3. The molecule has 0 saturated heterocycles. The number of allylic oxidation sites excluding steroid dienone is 3. The molecule has 0 radical (unpaired) electrons. The van der Waals surface area contributed by atoms with Crippen LogP contribution in [0.3, 0.4) is 0 Å². The van der Waals surface area contributed by atoms with Gasteiger partial charge in [-0.1, -0.05) is 59.7 Å². The largest absolute Gasteiger partial charge is 0.313 e. The minimum Gasteiger partial charge on any atom is -0.313 e. The zero-order valence-electron chi connectivity index (χ0n) is 17.1. The number of pyridine rings is 1. The van der Waals surface area contributed by atoms with Gasteiger partial charge in [-0.25, -0.2) is 0 Å². The number of nitrogens with one attached hydrogen (secondary N) is 1. The van der Waals surface area contributed by atoms with Crippen LogP contribution in [-0.4, -0.2) is 18.1 Å². The smallest absolute Gasteiger partial charge is 0.0306 e. The SMILES string of the molecule is CC(C)=CCC/C(C)=C/CNCCCC(c1ccccc1)c1cccnc1. The Labute approximate surface area is 165 Å². The van der Waals surface area contributed by atoms with E-state index in [1.807, 2.05) is 18.5 Å². The molecule has 144 valence electrons. The molecule has 0 spiro atoms. The molecule has 1 unspecified atom stereocenters. The fourth-order valence-electron chi connectivity index (χ4n) is 3.26. The fraction of sp³-hybridized carbons (Fsp3) is 0.400. The molecule has 2 nitrogen and oxygen atoms in total. The monoisotopic (exact) mass is 362 g/mol. The van der Waals surface area contributed by atoms with E-state index in [1.165, 1.54) is 22.3 Å². The Kier molecular flexibility index (Phi) is 9.57. The third-order valence-corrected chi connectivity index (χ3v) is 4.82. The topological polar surface area (TPSA) is 24.9 Å². The number of aromatic nitrogens is 1. The zero-order valence-corrected chi connectivity index (χ0v) is 17.1. The van der Waals surface area contributed by atoms with Gasteiger partial charge in [-0.2, -0.15) is 0 Å². The standard InChI is InChI=1S/C25H34N2/c1-21(2)10-7-11-22(3)16-19-26-17-9-15-25(23-12-5-4-6-13-23)24-14-8-18-27-20-24/h4-6,8,10,12-14,16,18,20,25-26H,7,9,11,15,17,19H2,1-3H3/b22-16+. The Morgan fingerprint density at radius 2 is 1.78 bits per heavy atom. The molecular formula is C25H34N2. The molecule has 0 saturated carbocycles. The summed E-state index contributed by atoms with van der Waals surface area (Å²) in [6.07, 6.45) is 13.1. The summed E-state index contributed by atoms with van der Waals surface area (Å²) in [5.74, 6) is 0.419. The third-order valence-electron chi connectivity index (χ3n) is 4.82. The summed E-state index contributed by atoms with van der Waals surface area (Å²) in [5, 5.41) is 3.57. The lowest BCUT2D eigenvalue weighted by Gasteiger charge is -2.17. The van der Waals surface area contributed by atoms with Crippen LogP contribution in [0.15, 0.2) is 78.2 Å². The Morgan fingerprint density at radius 1 is 1.00 bits per heavy atom. The second kappa shape index (κ2) is 12.2. The van der Waals surface area contributed by atoms with Crippen molar-refractivity contribution in [1.29, 1.82) is 0 Å². The van der Waals surface area contributed by atoms with Crippen LogP contribution in [0.5, 0.6) is 0 Å². The van der Waals surface area contributed by atoms with E-state index in [1.54, 1.807) is 0 Å². The lowest BCUT2D eigenvalue weighted by atomic mass is 9.88. The summed E-state index contributed by atoms with van der Waals surface area (Å²) in [7, 11) is 0. The van der Waals surface area contributed by atoms with Crippen LogP contribution in [0.25, 0.3) is 0 Å². The van der Waals surface area contributed by atoms with Gasteiger partial charge in [0.1, 0.15) is 0 Å². The molecule has 0 fully saturated rings. The number of nitrogens with zero attached hydrogens (tertiary/aromatic N) is 1. The quantitative estimate of drug-likeness (QED) is 0.376. The van der Waals surface area contributed by atoms with Crippen molar-refractivity contribution in [1.82, 2.24) is 10.3 Å². The molecule has 1 aromatic heterocycles. The Hall–Kier alpha value is -2.19. The van der Waals surface area contributed by atoms with Crippen LogP contribution < -0.4 is 5.32 Å². The third kappa shape index (κ3) is 8.36. The predicted octanol–water partition coefficient (Wildman–Crippen LogP) is 6.28. The summed E-state index contributed by atoms with van der Waals surface area (Å²) >= 11 is 0. The van der Waals surface area contributed by atoms with E-state index >= 15 is 0 Å². The molecule has 1 atom stereocenters. The maximum atomic E-state index is 4.32. The van der Waals surface area contributed by atoms with Crippen molar-refractivity contribution in [2.45, 2.75) is 52.4 Å². The van der Waals surface area contributed by atoms with Gasteiger partial charge in [0.2, 0.25) is 0 Å². The molecular weight excluding hydrogens is 328 g/mol. The molecule has 0 amide bonds. The van der Waals surface area contributed by atoms with Crippen LogP contribution in [-0.2, 0) is 0 Å². The molecule has 2 heteroatoms. The minimum absolute atomic E-state index is 0.419. The second-order valence-corrected chi connectivity index (χ2v) is 7.47. The predicted molar refractivity (Wildman–Crippen MR) is 117 cm³/mol. The van der Waals surface area contributed by atoms with Crippen molar-refractivity contribution in [3.63, 3.8) is 0 Å². The summed E-state index contributed by atoms with van der Waals surface area (Å²) < 4.78 is 0. The number of benzene rings is 1. The van der Waals surface area contributed by atoms with Crippen molar-refractivity contribution in [3.8, 4) is 0 Å². The molecule has 0 aliphatic heterocycles. The minimum atomic E-state index is 0.419. The maximum absolute atomic E-state index is 4.32. The van der Waals surface area contributed by atoms with Gasteiger partial charge in [0, 0.05) is 24.9 Å². The van der Waals surface area contributed by atoms with Crippen LogP contribution in [0.2, 0.25) is 0 Å². The molecule has 2 rings (SSSR count). The number of rotatable bonds is 11.